The quantitative estimate of drug-likeness (QED) is 0.574. The summed E-state index contributed by atoms with van der Waals surface area (Å²) in [6.07, 6.45) is 1.07. The van der Waals surface area contributed by atoms with E-state index in [1.165, 1.54) is 0 Å². The minimum Gasteiger partial charge on any atom is -0.454 e. The zero-order valence-corrected chi connectivity index (χ0v) is 16.6. The third-order valence-corrected chi connectivity index (χ3v) is 5.99. The van der Waals surface area contributed by atoms with Crippen LogP contribution in [0.5, 0.6) is 11.5 Å². The van der Waals surface area contributed by atoms with Crippen LogP contribution < -0.4 is 9.47 Å². The van der Waals surface area contributed by atoms with Crippen LogP contribution in [-0.4, -0.2) is 46.8 Å². The molecule has 2 aliphatic heterocycles. The van der Waals surface area contributed by atoms with Gasteiger partial charge in [0.2, 0.25) is 6.79 Å². The summed E-state index contributed by atoms with van der Waals surface area (Å²) in [5, 5.41) is 9.84. The molecule has 2 aromatic carbocycles. The van der Waals surface area contributed by atoms with Gasteiger partial charge in [-0.2, -0.15) is 0 Å². The lowest BCUT2D eigenvalue weighted by molar-refractivity contribution is -0.130. The number of fused-ring (bicyclic) bond motifs is 1. The molecule has 1 fully saturated rings. The van der Waals surface area contributed by atoms with Gasteiger partial charge >= 0.3 is 0 Å². The second-order valence-corrected chi connectivity index (χ2v) is 7.85. The van der Waals surface area contributed by atoms with Crippen LogP contribution in [0.25, 0.3) is 11.4 Å². The Morgan fingerprint density at radius 1 is 1.00 bits per heavy atom. The monoisotopic (exact) mass is 411 g/mol. The summed E-state index contributed by atoms with van der Waals surface area (Å²) >= 11 is 1.67. The van der Waals surface area contributed by atoms with Crippen LogP contribution >= 0.6 is 11.8 Å². The third kappa shape index (κ3) is 4.10. The SMILES string of the molecule is c1ccc(-c2nnc(SC[C@@H]3CCOCO3)n2Cc2ccc3c(c2)OCO3)cc1. The van der Waals surface area contributed by atoms with Gasteiger partial charge in [0, 0.05) is 11.3 Å². The second-order valence-electron chi connectivity index (χ2n) is 6.86. The van der Waals surface area contributed by atoms with E-state index in [0.717, 1.165) is 52.4 Å². The average Bonchev–Trinajstić information content (AvgIpc) is 3.40. The number of ether oxygens (including phenoxy) is 4. The number of nitrogens with zero attached hydrogens (tertiary/aromatic N) is 3. The Balaban J connectivity index is 1.42. The van der Waals surface area contributed by atoms with Crippen molar-refractivity contribution in [3.8, 4) is 22.9 Å². The first kappa shape index (κ1) is 18.5. The predicted molar refractivity (Wildman–Crippen MR) is 108 cm³/mol. The minimum atomic E-state index is 0.171. The maximum atomic E-state index is 5.67. The average molecular weight is 411 g/mol. The van der Waals surface area contributed by atoms with Crippen molar-refractivity contribution in [2.45, 2.75) is 24.2 Å². The number of hydrogen-bond acceptors (Lipinski definition) is 7. The highest BCUT2D eigenvalue weighted by molar-refractivity contribution is 7.99. The molecule has 3 aromatic rings. The second kappa shape index (κ2) is 8.44. The molecule has 8 heteroatoms. The largest absolute Gasteiger partial charge is 0.454 e. The molecule has 1 aromatic heterocycles. The predicted octanol–water partition coefficient (Wildman–Crippen LogP) is 3.58. The van der Waals surface area contributed by atoms with Gasteiger partial charge in [0.05, 0.1) is 19.3 Å². The van der Waals surface area contributed by atoms with Crippen molar-refractivity contribution >= 4 is 11.8 Å². The van der Waals surface area contributed by atoms with E-state index >= 15 is 0 Å². The molecule has 1 saturated heterocycles. The summed E-state index contributed by atoms with van der Waals surface area (Å²) in [5.41, 5.74) is 2.14. The highest BCUT2D eigenvalue weighted by Crippen LogP contribution is 2.34. The molecule has 5 rings (SSSR count). The van der Waals surface area contributed by atoms with Gasteiger partial charge in [0.15, 0.2) is 22.5 Å². The molecule has 0 N–H and O–H groups in total. The van der Waals surface area contributed by atoms with E-state index in [1.807, 2.05) is 30.3 Å². The number of aromatic nitrogens is 3. The molecule has 7 nitrogen and oxygen atoms in total. The smallest absolute Gasteiger partial charge is 0.231 e. The summed E-state index contributed by atoms with van der Waals surface area (Å²) in [6, 6.07) is 16.2. The minimum absolute atomic E-state index is 0.171. The molecule has 2 aliphatic rings. The molecular formula is C21H21N3O4S. The van der Waals surface area contributed by atoms with E-state index < -0.39 is 0 Å². The molecule has 3 heterocycles. The lowest BCUT2D eigenvalue weighted by Gasteiger charge is -2.22. The number of hydrogen-bond donors (Lipinski definition) is 0. The van der Waals surface area contributed by atoms with Crippen LogP contribution in [0.4, 0.5) is 0 Å². The van der Waals surface area contributed by atoms with Crippen molar-refractivity contribution in [2.75, 3.05) is 25.9 Å². The highest BCUT2D eigenvalue weighted by Gasteiger charge is 2.20. The van der Waals surface area contributed by atoms with Gasteiger partial charge < -0.3 is 18.9 Å². The first-order valence-electron chi connectivity index (χ1n) is 9.56. The summed E-state index contributed by atoms with van der Waals surface area (Å²) in [5.74, 6) is 3.23. The molecule has 0 saturated carbocycles. The van der Waals surface area contributed by atoms with Crippen LogP contribution in [0.1, 0.15) is 12.0 Å². The van der Waals surface area contributed by atoms with E-state index in [4.69, 9.17) is 18.9 Å². The molecule has 0 aliphatic carbocycles. The normalized spacial score (nSPS) is 18.1. The van der Waals surface area contributed by atoms with Crippen LogP contribution in [0, 0.1) is 0 Å². The Hall–Kier alpha value is -2.55. The topological polar surface area (TPSA) is 67.6 Å². The summed E-state index contributed by atoms with van der Waals surface area (Å²) < 4.78 is 24.0. The van der Waals surface area contributed by atoms with Crippen molar-refractivity contribution in [2.24, 2.45) is 0 Å². The first-order chi connectivity index (χ1) is 14.4. The van der Waals surface area contributed by atoms with Gasteiger partial charge in [0.1, 0.15) is 6.79 Å². The summed E-state index contributed by atoms with van der Waals surface area (Å²) in [7, 11) is 0. The fourth-order valence-electron chi connectivity index (χ4n) is 3.36. The van der Waals surface area contributed by atoms with Gasteiger partial charge in [-0.1, -0.05) is 48.2 Å². The van der Waals surface area contributed by atoms with Crippen LogP contribution in [-0.2, 0) is 16.0 Å². The van der Waals surface area contributed by atoms with Crippen molar-refractivity contribution in [1.82, 2.24) is 14.8 Å². The highest BCUT2D eigenvalue weighted by atomic mass is 32.2. The van der Waals surface area contributed by atoms with Crippen molar-refractivity contribution in [3.63, 3.8) is 0 Å². The van der Waals surface area contributed by atoms with Gasteiger partial charge in [-0.25, -0.2) is 0 Å². The summed E-state index contributed by atoms with van der Waals surface area (Å²) in [4.78, 5) is 0. The van der Waals surface area contributed by atoms with Crippen molar-refractivity contribution in [1.29, 1.82) is 0 Å². The summed E-state index contributed by atoms with van der Waals surface area (Å²) in [6.45, 7) is 2.02. The van der Waals surface area contributed by atoms with Crippen LogP contribution in [0.2, 0.25) is 0 Å². The Kier molecular flexibility index (Phi) is 5.38. The Morgan fingerprint density at radius 3 is 2.76 bits per heavy atom. The van der Waals surface area contributed by atoms with E-state index in [2.05, 4.69) is 33.0 Å². The van der Waals surface area contributed by atoms with Gasteiger partial charge in [-0.05, 0) is 24.1 Å². The Bertz CT molecular complexity index is 973. The molecule has 150 valence electrons. The fraction of sp³-hybridized carbons (Fsp3) is 0.333. The number of rotatable bonds is 6. The van der Waals surface area contributed by atoms with E-state index in [9.17, 15) is 0 Å². The number of thioether (sulfide) groups is 1. The molecule has 0 amide bonds. The fourth-order valence-corrected chi connectivity index (χ4v) is 4.36. The van der Waals surface area contributed by atoms with E-state index in [0.29, 0.717) is 13.3 Å². The van der Waals surface area contributed by atoms with Gasteiger partial charge in [-0.15, -0.1) is 10.2 Å². The maximum absolute atomic E-state index is 5.67. The molecule has 0 spiro atoms. The van der Waals surface area contributed by atoms with E-state index in [-0.39, 0.29) is 12.9 Å². The third-order valence-electron chi connectivity index (χ3n) is 4.90. The van der Waals surface area contributed by atoms with Crippen molar-refractivity contribution < 1.29 is 18.9 Å². The molecule has 0 radical (unpaired) electrons. The van der Waals surface area contributed by atoms with Crippen molar-refractivity contribution in [3.05, 3.63) is 54.1 Å². The van der Waals surface area contributed by atoms with Gasteiger partial charge in [-0.3, -0.25) is 4.57 Å². The lowest BCUT2D eigenvalue weighted by Crippen LogP contribution is -2.25. The number of benzene rings is 2. The van der Waals surface area contributed by atoms with Gasteiger partial charge in [0.25, 0.3) is 0 Å². The molecular weight excluding hydrogens is 390 g/mol. The molecule has 0 bridgehead atoms. The van der Waals surface area contributed by atoms with Crippen LogP contribution in [0.15, 0.2) is 53.7 Å². The Morgan fingerprint density at radius 2 is 1.90 bits per heavy atom. The zero-order chi connectivity index (χ0) is 19.5. The van der Waals surface area contributed by atoms with Crippen LogP contribution in [0.3, 0.4) is 0 Å². The van der Waals surface area contributed by atoms with E-state index in [1.54, 1.807) is 11.8 Å². The zero-order valence-electron chi connectivity index (χ0n) is 15.8. The lowest BCUT2D eigenvalue weighted by atomic mass is 10.2. The Labute approximate surface area is 172 Å². The molecule has 0 unspecified atom stereocenters. The molecule has 1 atom stereocenters. The maximum Gasteiger partial charge on any atom is 0.231 e. The first-order valence-corrected chi connectivity index (χ1v) is 10.5. The molecule has 29 heavy (non-hydrogen) atoms. The standard InChI is InChI=1S/C21H21N3O4S/c1-2-4-16(5-3-1)20-22-23-21(29-12-17-8-9-25-13-26-17)24(20)11-15-6-7-18-19(10-15)28-14-27-18/h1-7,10,17H,8-9,11-14H2/t17-/m0/s1.